The van der Waals surface area contributed by atoms with E-state index >= 15 is 0 Å². The van der Waals surface area contributed by atoms with E-state index in [1.807, 2.05) is 30.3 Å². The molecule has 0 aromatic heterocycles. The Labute approximate surface area is 100 Å². The zero-order valence-electron chi connectivity index (χ0n) is 8.99. The predicted molar refractivity (Wildman–Crippen MR) is 67.4 cm³/mol. The number of thiocarbonyl (C=S) groups is 1. The fourth-order valence-electron chi connectivity index (χ4n) is 1.08. The molecule has 84 valence electrons. The van der Waals surface area contributed by atoms with E-state index in [4.69, 9.17) is 22.2 Å². The lowest BCUT2D eigenvalue weighted by molar-refractivity contribution is 0.415. The number of nitriles is 1. The summed E-state index contributed by atoms with van der Waals surface area (Å²) in [6, 6.07) is 9.47. The highest BCUT2D eigenvalue weighted by Crippen LogP contribution is 2.14. The van der Waals surface area contributed by atoms with Crippen LogP contribution in [-0.2, 0) is 0 Å². The minimum absolute atomic E-state index is 0.435. The Kier molecular flexibility index (Phi) is 5.09. The lowest BCUT2D eigenvalue weighted by Crippen LogP contribution is -2.28. The van der Waals surface area contributed by atoms with Gasteiger partial charge in [0.25, 0.3) is 0 Å². The molecule has 0 aliphatic heterocycles. The molecule has 0 amide bonds. The number of methoxy groups -OCH3 is 1. The third kappa shape index (κ3) is 4.15. The van der Waals surface area contributed by atoms with Crippen molar-refractivity contribution in [3.05, 3.63) is 24.3 Å². The summed E-state index contributed by atoms with van der Waals surface area (Å²) in [5, 5.41) is 14.8. The number of benzene rings is 1. The van der Waals surface area contributed by atoms with E-state index in [0.717, 1.165) is 11.4 Å². The van der Waals surface area contributed by atoms with Crippen LogP contribution in [-0.4, -0.2) is 18.8 Å². The number of anilines is 1. The van der Waals surface area contributed by atoms with Gasteiger partial charge in [0.1, 0.15) is 5.75 Å². The number of ether oxygens (including phenoxy) is 1. The Morgan fingerprint density at radius 3 is 2.69 bits per heavy atom. The van der Waals surface area contributed by atoms with Gasteiger partial charge in [-0.3, -0.25) is 0 Å². The van der Waals surface area contributed by atoms with Crippen LogP contribution in [0, 0.1) is 11.3 Å². The SMILES string of the molecule is COc1ccc(NC(=S)NCCC#N)cc1. The Hall–Kier alpha value is -1.80. The molecule has 0 saturated carbocycles. The van der Waals surface area contributed by atoms with E-state index in [-0.39, 0.29) is 0 Å². The smallest absolute Gasteiger partial charge is 0.170 e. The number of nitrogens with zero attached hydrogens (tertiary/aromatic N) is 1. The van der Waals surface area contributed by atoms with Crippen LogP contribution in [0.1, 0.15) is 6.42 Å². The molecule has 0 radical (unpaired) electrons. The van der Waals surface area contributed by atoms with E-state index in [2.05, 4.69) is 10.6 Å². The Bertz CT molecular complexity index is 383. The van der Waals surface area contributed by atoms with Crippen LogP contribution >= 0.6 is 12.2 Å². The van der Waals surface area contributed by atoms with Gasteiger partial charge in [-0.2, -0.15) is 5.26 Å². The molecule has 1 rings (SSSR count). The van der Waals surface area contributed by atoms with E-state index in [9.17, 15) is 0 Å². The summed E-state index contributed by atoms with van der Waals surface area (Å²) in [5.74, 6) is 0.800. The van der Waals surface area contributed by atoms with Crippen molar-refractivity contribution in [2.75, 3.05) is 19.0 Å². The fourth-order valence-corrected chi connectivity index (χ4v) is 1.30. The van der Waals surface area contributed by atoms with Crippen LogP contribution in [0.25, 0.3) is 0 Å². The molecule has 0 atom stereocenters. The van der Waals surface area contributed by atoms with Crippen LogP contribution in [0.3, 0.4) is 0 Å². The first kappa shape index (κ1) is 12.3. The van der Waals surface area contributed by atoms with Crippen LogP contribution < -0.4 is 15.4 Å². The molecule has 1 aromatic carbocycles. The van der Waals surface area contributed by atoms with Crippen molar-refractivity contribution in [2.24, 2.45) is 0 Å². The first-order valence-corrected chi connectivity index (χ1v) is 5.23. The molecule has 2 N–H and O–H groups in total. The molecule has 0 spiro atoms. The molecule has 0 saturated heterocycles. The van der Waals surface area contributed by atoms with Gasteiger partial charge < -0.3 is 15.4 Å². The third-order valence-electron chi connectivity index (χ3n) is 1.87. The molecule has 0 fully saturated rings. The summed E-state index contributed by atoms with van der Waals surface area (Å²) in [4.78, 5) is 0. The number of hydrogen-bond acceptors (Lipinski definition) is 3. The second-order valence-corrected chi connectivity index (χ2v) is 3.43. The van der Waals surface area contributed by atoms with Crippen molar-refractivity contribution in [2.45, 2.75) is 6.42 Å². The molecule has 1 aromatic rings. The van der Waals surface area contributed by atoms with Gasteiger partial charge in [-0.15, -0.1) is 0 Å². The Balaban J connectivity index is 2.41. The maximum atomic E-state index is 8.36. The van der Waals surface area contributed by atoms with Gasteiger partial charge in [-0.25, -0.2) is 0 Å². The molecule has 5 heteroatoms. The minimum Gasteiger partial charge on any atom is -0.497 e. The van der Waals surface area contributed by atoms with Crippen LogP contribution in [0.4, 0.5) is 5.69 Å². The van der Waals surface area contributed by atoms with E-state index < -0.39 is 0 Å². The number of hydrogen-bond donors (Lipinski definition) is 2. The lowest BCUT2D eigenvalue weighted by atomic mass is 10.3. The fraction of sp³-hybridized carbons (Fsp3) is 0.273. The van der Waals surface area contributed by atoms with Crippen molar-refractivity contribution in [1.29, 1.82) is 5.26 Å². The molecular weight excluding hydrogens is 222 g/mol. The Morgan fingerprint density at radius 1 is 1.44 bits per heavy atom. The van der Waals surface area contributed by atoms with E-state index in [1.54, 1.807) is 7.11 Å². The second-order valence-electron chi connectivity index (χ2n) is 3.02. The summed E-state index contributed by atoms with van der Waals surface area (Å²) >= 11 is 5.05. The average molecular weight is 235 g/mol. The predicted octanol–water partition coefficient (Wildman–Crippen LogP) is 1.90. The van der Waals surface area contributed by atoms with Gasteiger partial charge in [-0.05, 0) is 36.5 Å². The minimum atomic E-state index is 0.435. The zero-order chi connectivity index (χ0) is 11.8. The third-order valence-corrected chi connectivity index (χ3v) is 2.12. The summed E-state index contributed by atoms with van der Waals surface area (Å²) in [6.45, 7) is 0.554. The van der Waals surface area contributed by atoms with Crippen LogP contribution in [0.15, 0.2) is 24.3 Å². The van der Waals surface area contributed by atoms with Gasteiger partial charge in [0.2, 0.25) is 0 Å². The topological polar surface area (TPSA) is 57.1 Å². The molecule has 16 heavy (non-hydrogen) atoms. The maximum absolute atomic E-state index is 8.36. The van der Waals surface area contributed by atoms with Gasteiger partial charge >= 0.3 is 0 Å². The molecule has 0 unspecified atom stereocenters. The monoisotopic (exact) mass is 235 g/mol. The Morgan fingerprint density at radius 2 is 2.12 bits per heavy atom. The summed E-state index contributed by atoms with van der Waals surface area (Å²) in [6.07, 6.45) is 0.435. The quantitative estimate of drug-likeness (QED) is 0.616. The largest absolute Gasteiger partial charge is 0.497 e. The average Bonchev–Trinajstić information content (AvgIpc) is 2.30. The summed E-state index contributed by atoms with van der Waals surface area (Å²) < 4.78 is 5.04. The highest BCUT2D eigenvalue weighted by atomic mass is 32.1. The summed E-state index contributed by atoms with van der Waals surface area (Å²) in [7, 11) is 1.62. The first-order chi connectivity index (χ1) is 7.76. The number of nitrogens with one attached hydrogen (secondary N) is 2. The van der Waals surface area contributed by atoms with Crippen LogP contribution in [0.2, 0.25) is 0 Å². The second kappa shape index (κ2) is 6.64. The molecule has 4 nitrogen and oxygen atoms in total. The highest BCUT2D eigenvalue weighted by Gasteiger charge is 1.97. The molecule has 0 heterocycles. The van der Waals surface area contributed by atoms with Gasteiger partial charge in [-0.1, -0.05) is 0 Å². The van der Waals surface area contributed by atoms with Gasteiger partial charge in [0, 0.05) is 12.2 Å². The van der Waals surface area contributed by atoms with Crippen molar-refractivity contribution in [3.8, 4) is 11.8 Å². The summed E-state index contributed by atoms with van der Waals surface area (Å²) in [5.41, 5.74) is 0.884. The lowest BCUT2D eigenvalue weighted by Gasteiger charge is -2.09. The zero-order valence-corrected chi connectivity index (χ0v) is 9.80. The number of rotatable bonds is 4. The normalized spacial score (nSPS) is 9.00. The van der Waals surface area contributed by atoms with E-state index in [0.29, 0.717) is 18.1 Å². The molecule has 0 bridgehead atoms. The van der Waals surface area contributed by atoms with Gasteiger partial charge in [0.15, 0.2) is 5.11 Å². The van der Waals surface area contributed by atoms with Crippen molar-refractivity contribution >= 4 is 23.0 Å². The van der Waals surface area contributed by atoms with E-state index in [1.165, 1.54) is 0 Å². The maximum Gasteiger partial charge on any atom is 0.170 e. The van der Waals surface area contributed by atoms with Crippen molar-refractivity contribution < 1.29 is 4.74 Å². The molecular formula is C11H13N3OS. The van der Waals surface area contributed by atoms with Crippen molar-refractivity contribution in [3.63, 3.8) is 0 Å². The van der Waals surface area contributed by atoms with Crippen LogP contribution in [0.5, 0.6) is 5.75 Å². The highest BCUT2D eigenvalue weighted by molar-refractivity contribution is 7.80. The van der Waals surface area contributed by atoms with Gasteiger partial charge in [0.05, 0.1) is 19.6 Å². The molecule has 0 aliphatic carbocycles. The molecule has 0 aliphatic rings. The standard InChI is InChI=1S/C11H13N3OS/c1-15-10-5-3-9(4-6-10)14-11(16)13-8-2-7-12/h3-6H,2,8H2,1H3,(H2,13,14,16). The van der Waals surface area contributed by atoms with Crippen molar-refractivity contribution in [1.82, 2.24) is 5.32 Å². The first-order valence-electron chi connectivity index (χ1n) is 4.82.